The molecule has 13 heavy (non-hydrogen) atoms. The molecule has 2 heterocycles. The molecule has 4 heteroatoms. The van der Waals surface area contributed by atoms with Gasteiger partial charge in [-0.15, -0.1) is 0 Å². The van der Waals surface area contributed by atoms with E-state index >= 15 is 0 Å². The zero-order chi connectivity index (χ0) is 8.93. The standard InChI is InChI=1S/C9H14N4/c1-2-8(11-3-1)6-13-9-7-10-4-5-12-9/h4-5,7-8,11H,1-3,6H2,(H,12,13)/t8-/m1/s1. The van der Waals surface area contributed by atoms with E-state index in [9.17, 15) is 0 Å². The van der Waals surface area contributed by atoms with Crippen LogP contribution < -0.4 is 10.6 Å². The highest BCUT2D eigenvalue weighted by atomic mass is 15.0. The van der Waals surface area contributed by atoms with E-state index < -0.39 is 0 Å². The molecule has 4 nitrogen and oxygen atoms in total. The number of anilines is 1. The average Bonchev–Trinajstić information content (AvgIpc) is 2.69. The SMILES string of the molecule is c1cnc(NC[C@H]2CCCN2)cn1. The summed E-state index contributed by atoms with van der Waals surface area (Å²) >= 11 is 0. The van der Waals surface area contributed by atoms with Crippen molar-refractivity contribution in [1.29, 1.82) is 0 Å². The summed E-state index contributed by atoms with van der Waals surface area (Å²) in [5.74, 6) is 0.858. The monoisotopic (exact) mass is 178 g/mol. The molecule has 0 amide bonds. The molecule has 1 aliphatic heterocycles. The van der Waals surface area contributed by atoms with Gasteiger partial charge >= 0.3 is 0 Å². The smallest absolute Gasteiger partial charge is 0.144 e. The Morgan fingerprint density at radius 1 is 1.54 bits per heavy atom. The molecule has 0 unspecified atom stereocenters. The van der Waals surface area contributed by atoms with Crippen molar-refractivity contribution in [1.82, 2.24) is 15.3 Å². The first-order valence-corrected chi connectivity index (χ1v) is 4.68. The Bertz CT molecular complexity index is 243. The first kappa shape index (κ1) is 8.44. The molecule has 0 spiro atoms. The summed E-state index contributed by atoms with van der Waals surface area (Å²) in [6.07, 6.45) is 7.67. The van der Waals surface area contributed by atoms with Crippen LogP contribution in [0, 0.1) is 0 Å². The summed E-state index contributed by atoms with van der Waals surface area (Å²) in [6, 6.07) is 0.599. The van der Waals surface area contributed by atoms with Crippen molar-refractivity contribution >= 4 is 5.82 Å². The van der Waals surface area contributed by atoms with Crippen molar-refractivity contribution in [3.63, 3.8) is 0 Å². The van der Waals surface area contributed by atoms with Gasteiger partial charge in [-0.25, -0.2) is 4.98 Å². The second kappa shape index (κ2) is 4.18. The maximum absolute atomic E-state index is 4.14. The molecule has 0 bridgehead atoms. The van der Waals surface area contributed by atoms with E-state index in [-0.39, 0.29) is 0 Å². The van der Waals surface area contributed by atoms with Gasteiger partial charge in [-0.3, -0.25) is 4.98 Å². The van der Waals surface area contributed by atoms with E-state index in [4.69, 9.17) is 0 Å². The van der Waals surface area contributed by atoms with Crippen molar-refractivity contribution in [2.75, 3.05) is 18.4 Å². The first-order chi connectivity index (χ1) is 6.45. The fraction of sp³-hybridized carbons (Fsp3) is 0.556. The lowest BCUT2D eigenvalue weighted by Crippen LogP contribution is -2.29. The van der Waals surface area contributed by atoms with Crippen LogP contribution in [0.5, 0.6) is 0 Å². The summed E-state index contributed by atoms with van der Waals surface area (Å²) in [5, 5.41) is 6.67. The Morgan fingerprint density at radius 2 is 2.54 bits per heavy atom. The van der Waals surface area contributed by atoms with E-state index in [1.165, 1.54) is 12.8 Å². The third-order valence-electron chi connectivity index (χ3n) is 2.26. The minimum Gasteiger partial charge on any atom is -0.367 e. The van der Waals surface area contributed by atoms with Crippen LogP contribution in [0.25, 0.3) is 0 Å². The van der Waals surface area contributed by atoms with Crippen LogP contribution in [0.4, 0.5) is 5.82 Å². The van der Waals surface area contributed by atoms with Gasteiger partial charge in [0.05, 0.1) is 6.20 Å². The number of hydrogen-bond donors (Lipinski definition) is 2. The zero-order valence-corrected chi connectivity index (χ0v) is 7.53. The summed E-state index contributed by atoms with van der Waals surface area (Å²) < 4.78 is 0. The molecule has 0 radical (unpaired) electrons. The van der Waals surface area contributed by atoms with Gasteiger partial charge in [0, 0.05) is 25.0 Å². The summed E-state index contributed by atoms with van der Waals surface area (Å²) in [7, 11) is 0. The van der Waals surface area contributed by atoms with Crippen LogP contribution in [0.1, 0.15) is 12.8 Å². The van der Waals surface area contributed by atoms with Gasteiger partial charge in [-0.05, 0) is 19.4 Å². The minimum atomic E-state index is 0.599. The molecule has 2 N–H and O–H groups in total. The number of aromatic nitrogens is 2. The Labute approximate surface area is 77.8 Å². The molecule has 2 rings (SSSR count). The summed E-state index contributed by atoms with van der Waals surface area (Å²) in [5.41, 5.74) is 0. The van der Waals surface area contributed by atoms with E-state index in [0.29, 0.717) is 6.04 Å². The molecule has 70 valence electrons. The second-order valence-corrected chi connectivity index (χ2v) is 3.26. The molecule has 1 atom stereocenters. The van der Waals surface area contributed by atoms with Gasteiger partial charge in [-0.1, -0.05) is 0 Å². The summed E-state index contributed by atoms with van der Waals surface area (Å²) in [4.78, 5) is 8.12. The Kier molecular flexibility index (Phi) is 2.72. The highest BCUT2D eigenvalue weighted by Gasteiger charge is 2.12. The van der Waals surface area contributed by atoms with Crippen molar-refractivity contribution in [3.8, 4) is 0 Å². The van der Waals surface area contributed by atoms with E-state index in [0.717, 1.165) is 18.9 Å². The molecule has 0 aromatic carbocycles. The minimum absolute atomic E-state index is 0.599. The average molecular weight is 178 g/mol. The van der Waals surface area contributed by atoms with Gasteiger partial charge in [0.2, 0.25) is 0 Å². The molecule has 1 saturated heterocycles. The molecule has 1 aliphatic rings. The quantitative estimate of drug-likeness (QED) is 0.713. The predicted molar refractivity (Wildman–Crippen MR) is 51.5 cm³/mol. The highest BCUT2D eigenvalue weighted by Crippen LogP contribution is 2.05. The number of hydrogen-bond acceptors (Lipinski definition) is 4. The fourth-order valence-corrected chi connectivity index (χ4v) is 1.55. The largest absolute Gasteiger partial charge is 0.367 e. The first-order valence-electron chi connectivity index (χ1n) is 4.68. The van der Waals surface area contributed by atoms with Gasteiger partial charge < -0.3 is 10.6 Å². The normalized spacial score (nSPS) is 21.7. The number of nitrogens with zero attached hydrogens (tertiary/aromatic N) is 2. The topological polar surface area (TPSA) is 49.8 Å². The Morgan fingerprint density at radius 3 is 3.23 bits per heavy atom. The highest BCUT2D eigenvalue weighted by molar-refractivity contribution is 5.29. The van der Waals surface area contributed by atoms with Gasteiger partial charge in [-0.2, -0.15) is 0 Å². The lowest BCUT2D eigenvalue weighted by molar-refractivity contribution is 0.632. The molecule has 1 aromatic heterocycles. The molecular weight excluding hydrogens is 164 g/mol. The van der Waals surface area contributed by atoms with Gasteiger partial charge in [0.25, 0.3) is 0 Å². The van der Waals surface area contributed by atoms with Gasteiger partial charge in [0.15, 0.2) is 0 Å². The lowest BCUT2D eigenvalue weighted by Gasteiger charge is -2.10. The summed E-state index contributed by atoms with van der Waals surface area (Å²) in [6.45, 7) is 2.09. The van der Waals surface area contributed by atoms with Crippen molar-refractivity contribution < 1.29 is 0 Å². The van der Waals surface area contributed by atoms with Crippen LogP contribution in [-0.2, 0) is 0 Å². The second-order valence-electron chi connectivity index (χ2n) is 3.26. The van der Waals surface area contributed by atoms with E-state index in [2.05, 4.69) is 20.6 Å². The number of nitrogens with one attached hydrogen (secondary N) is 2. The fourth-order valence-electron chi connectivity index (χ4n) is 1.55. The van der Waals surface area contributed by atoms with Crippen molar-refractivity contribution in [3.05, 3.63) is 18.6 Å². The van der Waals surface area contributed by atoms with Crippen LogP contribution >= 0.6 is 0 Å². The maximum Gasteiger partial charge on any atom is 0.144 e. The maximum atomic E-state index is 4.14. The molecule has 1 aromatic rings. The van der Waals surface area contributed by atoms with Crippen molar-refractivity contribution in [2.45, 2.75) is 18.9 Å². The Hall–Kier alpha value is -1.16. The lowest BCUT2D eigenvalue weighted by atomic mass is 10.2. The molecular formula is C9H14N4. The van der Waals surface area contributed by atoms with Gasteiger partial charge in [0.1, 0.15) is 5.82 Å². The Balaban J connectivity index is 1.79. The van der Waals surface area contributed by atoms with Crippen LogP contribution in [-0.4, -0.2) is 29.1 Å². The predicted octanol–water partition coefficient (Wildman–Crippen LogP) is 0.640. The van der Waals surface area contributed by atoms with Crippen LogP contribution in [0.15, 0.2) is 18.6 Å². The molecule has 0 aliphatic carbocycles. The third kappa shape index (κ3) is 2.39. The third-order valence-corrected chi connectivity index (χ3v) is 2.26. The molecule has 0 saturated carbocycles. The molecule has 1 fully saturated rings. The van der Waals surface area contributed by atoms with Crippen molar-refractivity contribution in [2.24, 2.45) is 0 Å². The van der Waals surface area contributed by atoms with E-state index in [1.807, 2.05) is 0 Å². The van der Waals surface area contributed by atoms with Crippen LogP contribution in [0.3, 0.4) is 0 Å². The van der Waals surface area contributed by atoms with Crippen LogP contribution in [0.2, 0.25) is 0 Å². The zero-order valence-electron chi connectivity index (χ0n) is 7.53. The van der Waals surface area contributed by atoms with E-state index in [1.54, 1.807) is 18.6 Å². The number of rotatable bonds is 3.